The predicted molar refractivity (Wildman–Crippen MR) is 130 cm³/mol. The summed E-state index contributed by atoms with van der Waals surface area (Å²) in [5.74, 6) is 1.45. The first kappa shape index (κ1) is 28.4. The number of guanidine groups is 1. The third kappa shape index (κ3) is 14.1. The van der Waals surface area contributed by atoms with Gasteiger partial charge in [-0.2, -0.15) is 0 Å². The van der Waals surface area contributed by atoms with Crippen molar-refractivity contribution < 1.29 is 14.3 Å². The number of unbranched alkanes of at least 4 members (excludes halogenated alkanes) is 3. The van der Waals surface area contributed by atoms with Crippen LogP contribution in [0.3, 0.4) is 0 Å². The molecule has 1 atom stereocenters. The Bertz CT molecular complexity index is 444. The first-order valence-electron chi connectivity index (χ1n) is 11.0. The van der Waals surface area contributed by atoms with Crippen molar-refractivity contribution in [2.45, 2.75) is 65.3 Å². The summed E-state index contributed by atoms with van der Waals surface area (Å²) in [6.45, 7) is 12.4. The number of aliphatic imine (C=N–C) groups is 1. The average Bonchev–Trinajstić information content (AvgIpc) is 2.69. The summed E-state index contributed by atoms with van der Waals surface area (Å²) in [5, 5.41) is 6.90. The number of rotatable bonds is 13. The summed E-state index contributed by atoms with van der Waals surface area (Å²) in [6, 6.07) is 0.505. The molecule has 0 aromatic heterocycles. The van der Waals surface area contributed by atoms with Crippen molar-refractivity contribution in [3.63, 3.8) is 0 Å². The lowest BCUT2D eigenvalue weighted by Gasteiger charge is -2.35. The van der Waals surface area contributed by atoms with Gasteiger partial charge in [-0.05, 0) is 32.1 Å². The number of ether oxygens (including phenoxy) is 2. The van der Waals surface area contributed by atoms with E-state index in [0.29, 0.717) is 25.0 Å². The number of esters is 1. The highest BCUT2D eigenvalue weighted by Crippen LogP contribution is 2.13. The van der Waals surface area contributed by atoms with Crippen LogP contribution in [0.5, 0.6) is 0 Å². The normalized spacial score (nSPS) is 16.2. The summed E-state index contributed by atoms with van der Waals surface area (Å²) >= 11 is 0. The number of nitrogens with one attached hydrogen (secondary N) is 2. The molecule has 0 spiro atoms. The molecule has 0 radical (unpaired) electrons. The van der Waals surface area contributed by atoms with Crippen molar-refractivity contribution in [2.24, 2.45) is 10.9 Å². The van der Waals surface area contributed by atoms with Crippen LogP contribution in [0.25, 0.3) is 0 Å². The third-order valence-electron chi connectivity index (χ3n) is 4.94. The predicted octanol–water partition coefficient (Wildman–Crippen LogP) is 3.03. The van der Waals surface area contributed by atoms with Crippen LogP contribution in [-0.4, -0.2) is 75.9 Å². The van der Waals surface area contributed by atoms with Gasteiger partial charge in [0.15, 0.2) is 5.96 Å². The molecule has 172 valence electrons. The zero-order valence-electron chi connectivity index (χ0n) is 18.9. The van der Waals surface area contributed by atoms with E-state index in [0.717, 1.165) is 71.0 Å². The molecule has 0 amide bonds. The molecule has 29 heavy (non-hydrogen) atoms. The standard InChI is InChI=1S/C21H42N4O3.HI/c1-5-28-20(26)10-8-6-7-9-11-23-21(22-4)24-17-19(16-18(2)3)25-12-14-27-15-13-25;/h18-19H,5-17H2,1-4H3,(H2,22,23,24);1H. The number of hydrogen-bond donors (Lipinski definition) is 2. The van der Waals surface area contributed by atoms with Gasteiger partial charge in [0, 0.05) is 45.7 Å². The van der Waals surface area contributed by atoms with E-state index in [1.807, 2.05) is 14.0 Å². The molecule has 1 aliphatic rings. The van der Waals surface area contributed by atoms with Gasteiger partial charge in [0.1, 0.15) is 0 Å². The van der Waals surface area contributed by atoms with E-state index >= 15 is 0 Å². The van der Waals surface area contributed by atoms with Crippen LogP contribution in [0.2, 0.25) is 0 Å². The van der Waals surface area contributed by atoms with Gasteiger partial charge >= 0.3 is 5.97 Å². The smallest absolute Gasteiger partial charge is 0.305 e. The molecule has 7 nitrogen and oxygen atoms in total. The van der Waals surface area contributed by atoms with Gasteiger partial charge in [0.05, 0.1) is 19.8 Å². The minimum absolute atomic E-state index is 0. The lowest BCUT2D eigenvalue weighted by molar-refractivity contribution is -0.143. The van der Waals surface area contributed by atoms with E-state index in [9.17, 15) is 4.79 Å². The molecule has 1 rings (SSSR count). The highest BCUT2D eigenvalue weighted by Gasteiger charge is 2.22. The van der Waals surface area contributed by atoms with Crippen molar-refractivity contribution >= 4 is 35.9 Å². The van der Waals surface area contributed by atoms with Gasteiger partial charge in [-0.15, -0.1) is 24.0 Å². The van der Waals surface area contributed by atoms with Crippen LogP contribution in [0, 0.1) is 5.92 Å². The van der Waals surface area contributed by atoms with Crippen LogP contribution >= 0.6 is 24.0 Å². The fraction of sp³-hybridized carbons (Fsp3) is 0.905. The van der Waals surface area contributed by atoms with E-state index in [1.54, 1.807) is 0 Å². The molecular weight excluding hydrogens is 483 g/mol. The lowest BCUT2D eigenvalue weighted by Crippen LogP contribution is -2.51. The Morgan fingerprint density at radius 1 is 1.14 bits per heavy atom. The largest absolute Gasteiger partial charge is 0.466 e. The van der Waals surface area contributed by atoms with Gasteiger partial charge in [-0.1, -0.05) is 26.7 Å². The molecule has 8 heteroatoms. The first-order valence-corrected chi connectivity index (χ1v) is 11.0. The quantitative estimate of drug-likeness (QED) is 0.126. The van der Waals surface area contributed by atoms with E-state index in [2.05, 4.69) is 34.4 Å². The molecule has 1 aliphatic heterocycles. The molecule has 0 bridgehead atoms. The topological polar surface area (TPSA) is 75.2 Å². The van der Waals surface area contributed by atoms with E-state index in [1.165, 1.54) is 6.42 Å². The zero-order chi connectivity index (χ0) is 20.6. The number of halogens is 1. The Kier molecular flexibility index (Phi) is 17.8. The second kappa shape index (κ2) is 18.2. The summed E-state index contributed by atoms with van der Waals surface area (Å²) in [4.78, 5) is 18.2. The second-order valence-corrected chi connectivity index (χ2v) is 7.78. The maximum atomic E-state index is 11.3. The molecule has 0 aromatic rings. The highest BCUT2D eigenvalue weighted by molar-refractivity contribution is 14.0. The minimum atomic E-state index is -0.0820. The number of hydrogen-bond acceptors (Lipinski definition) is 5. The fourth-order valence-corrected chi connectivity index (χ4v) is 3.47. The summed E-state index contributed by atoms with van der Waals surface area (Å²) in [6.07, 6.45) is 5.84. The van der Waals surface area contributed by atoms with Crippen LogP contribution in [0.15, 0.2) is 4.99 Å². The molecule has 1 unspecified atom stereocenters. The van der Waals surface area contributed by atoms with Gasteiger partial charge < -0.3 is 20.1 Å². The lowest BCUT2D eigenvalue weighted by atomic mass is 10.0. The molecule has 1 fully saturated rings. The molecule has 0 saturated carbocycles. The SMILES string of the molecule is CCOC(=O)CCCCCCNC(=NC)NCC(CC(C)C)N1CCOCC1.I. The van der Waals surface area contributed by atoms with Crippen LogP contribution in [0.1, 0.15) is 59.3 Å². The molecular formula is C21H43IN4O3. The Balaban J connectivity index is 0.00000784. The van der Waals surface area contributed by atoms with Gasteiger partial charge in [0.25, 0.3) is 0 Å². The third-order valence-corrected chi connectivity index (χ3v) is 4.94. The molecule has 1 heterocycles. The van der Waals surface area contributed by atoms with Gasteiger partial charge in [-0.3, -0.25) is 14.7 Å². The Labute approximate surface area is 194 Å². The van der Waals surface area contributed by atoms with Crippen molar-refractivity contribution in [3.05, 3.63) is 0 Å². The molecule has 0 aliphatic carbocycles. The average molecular weight is 527 g/mol. The van der Waals surface area contributed by atoms with Crippen LogP contribution in [0.4, 0.5) is 0 Å². The number of morpholine rings is 1. The Hall–Kier alpha value is -0.610. The Morgan fingerprint density at radius 3 is 2.45 bits per heavy atom. The van der Waals surface area contributed by atoms with Crippen LogP contribution in [-0.2, 0) is 14.3 Å². The fourth-order valence-electron chi connectivity index (χ4n) is 3.47. The zero-order valence-corrected chi connectivity index (χ0v) is 21.2. The van der Waals surface area contributed by atoms with Gasteiger partial charge in [0.2, 0.25) is 0 Å². The summed E-state index contributed by atoms with van der Waals surface area (Å²) in [5.41, 5.74) is 0. The number of carbonyl (C=O) groups is 1. The Morgan fingerprint density at radius 2 is 1.83 bits per heavy atom. The van der Waals surface area contributed by atoms with E-state index in [4.69, 9.17) is 9.47 Å². The van der Waals surface area contributed by atoms with Crippen molar-refractivity contribution in [2.75, 3.05) is 53.0 Å². The van der Waals surface area contributed by atoms with Crippen molar-refractivity contribution in [1.82, 2.24) is 15.5 Å². The van der Waals surface area contributed by atoms with Crippen molar-refractivity contribution in [1.29, 1.82) is 0 Å². The monoisotopic (exact) mass is 526 g/mol. The second-order valence-electron chi connectivity index (χ2n) is 7.78. The molecule has 0 aromatic carbocycles. The molecule has 1 saturated heterocycles. The summed E-state index contributed by atoms with van der Waals surface area (Å²) in [7, 11) is 1.82. The molecule has 2 N–H and O–H groups in total. The van der Waals surface area contributed by atoms with Gasteiger partial charge in [-0.25, -0.2) is 0 Å². The number of carbonyl (C=O) groups excluding carboxylic acids is 1. The minimum Gasteiger partial charge on any atom is -0.466 e. The number of nitrogens with zero attached hydrogens (tertiary/aromatic N) is 2. The van der Waals surface area contributed by atoms with E-state index < -0.39 is 0 Å². The van der Waals surface area contributed by atoms with Crippen molar-refractivity contribution in [3.8, 4) is 0 Å². The maximum absolute atomic E-state index is 11.3. The van der Waals surface area contributed by atoms with Crippen LogP contribution < -0.4 is 10.6 Å². The maximum Gasteiger partial charge on any atom is 0.305 e. The first-order chi connectivity index (χ1) is 13.6. The highest BCUT2D eigenvalue weighted by atomic mass is 127. The van der Waals surface area contributed by atoms with E-state index in [-0.39, 0.29) is 29.9 Å². The summed E-state index contributed by atoms with van der Waals surface area (Å²) < 4.78 is 10.4.